The molecule has 0 bridgehead atoms. The maximum Gasteiger partial charge on any atom is 0.338 e. The zero-order chi connectivity index (χ0) is 27.8. The van der Waals surface area contributed by atoms with Crippen LogP contribution in [0.25, 0.3) is 17.4 Å². The third-order valence-corrected chi connectivity index (χ3v) is 8.45. The standard InChI is InChI=1S/C28H21BrCl2N2O5S/c1-4-37-27(35)24-14(2)32-28-33(25(24)16-6-9-22(36-3)18(29)11-16)26(34)23(39-28)13-17-7-10-21(38-17)15-5-8-19(30)20(31)12-15/h5-13,25H,4H2,1-3H3/b23-13-. The van der Waals surface area contributed by atoms with E-state index in [9.17, 15) is 9.59 Å². The number of hydrogen-bond donors (Lipinski definition) is 0. The van der Waals surface area contributed by atoms with Gasteiger partial charge in [0.1, 0.15) is 17.3 Å². The van der Waals surface area contributed by atoms with Crippen molar-refractivity contribution < 1.29 is 18.7 Å². The molecule has 5 rings (SSSR count). The topological polar surface area (TPSA) is 83.0 Å². The smallest absolute Gasteiger partial charge is 0.338 e. The molecular weight excluding hydrogens is 627 g/mol. The van der Waals surface area contributed by atoms with Crippen LogP contribution < -0.4 is 19.6 Å². The molecule has 2 aromatic carbocycles. The Bertz CT molecular complexity index is 1820. The van der Waals surface area contributed by atoms with E-state index in [4.69, 9.17) is 37.1 Å². The van der Waals surface area contributed by atoms with Gasteiger partial charge in [0.2, 0.25) is 0 Å². The average Bonchev–Trinajstić information content (AvgIpc) is 3.49. The predicted molar refractivity (Wildman–Crippen MR) is 155 cm³/mol. The van der Waals surface area contributed by atoms with Gasteiger partial charge in [-0.3, -0.25) is 9.36 Å². The van der Waals surface area contributed by atoms with Crippen molar-refractivity contribution in [2.45, 2.75) is 19.9 Å². The Morgan fingerprint density at radius 1 is 1.18 bits per heavy atom. The van der Waals surface area contributed by atoms with Crippen LogP contribution in [-0.2, 0) is 9.53 Å². The van der Waals surface area contributed by atoms with E-state index in [1.165, 1.54) is 15.9 Å². The molecule has 0 fully saturated rings. The van der Waals surface area contributed by atoms with Gasteiger partial charge in [0.05, 0.1) is 50.1 Å². The van der Waals surface area contributed by atoms with E-state index < -0.39 is 12.0 Å². The van der Waals surface area contributed by atoms with Crippen LogP contribution in [0.2, 0.25) is 10.0 Å². The number of esters is 1. The Morgan fingerprint density at radius 3 is 2.67 bits per heavy atom. The highest BCUT2D eigenvalue weighted by Gasteiger charge is 2.33. The highest BCUT2D eigenvalue weighted by Crippen LogP contribution is 2.35. The Balaban J connectivity index is 1.64. The second-order valence-electron chi connectivity index (χ2n) is 8.53. The molecule has 7 nitrogen and oxygen atoms in total. The Hall–Kier alpha value is -3.11. The lowest BCUT2D eigenvalue weighted by Gasteiger charge is -2.25. The Labute approximate surface area is 245 Å². The molecule has 2 aromatic heterocycles. The predicted octanol–water partition coefficient (Wildman–Crippen LogP) is 6.14. The zero-order valence-corrected chi connectivity index (χ0v) is 24.9. The zero-order valence-electron chi connectivity index (χ0n) is 21.0. The molecule has 4 aromatic rings. The molecule has 1 aliphatic heterocycles. The van der Waals surface area contributed by atoms with Gasteiger partial charge in [0.15, 0.2) is 4.80 Å². The van der Waals surface area contributed by atoms with E-state index in [0.29, 0.717) is 58.0 Å². The average molecular weight is 648 g/mol. The van der Waals surface area contributed by atoms with E-state index in [0.717, 1.165) is 5.56 Å². The van der Waals surface area contributed by atoms with Crippen LogP contribution in [0.1, 0.15) is 31.2 Å². The van der Waals surface area contributed by atoms with Crippen molar-refractivity contribution >= 4 is 62.5 Å². The minimum Gasteiger partial charge on any atom is -0.496 e. The second kappa shape index (κ2) is 11.2. The van der Waals surface area contributed by atoms with E-state index in [-0.39, 0.29) is 12.2 Å². The Kier molecular flexibility index (Phi) is 7.87. The first-order chi connectivity index (χ1) is 18.7. The number of rotatable bonds is 6. The molecule has 11 heteroatoms. The number of fused-ring (bicyclic) bond motifs is 1. The van der Waals surface area contributed by atoms with Gasteiger partial charge < -0.3 is 13.9 Å². The molecule has 200 valence electrons. The van der Waals surface area contributed by atoms with Crippen LogP contribution in [0.15, 0.2) is 78.5 Å². The molecule has 0 radical (unpaired) electrons. The van der Waals surface area contributed by atoms with Gasteiger partial charge in [-0.05, 0) is 77.8 Å². The fraction of sp³-hybridized carbons (Fsp3) is 0.179. The number of furan rings is 1. The molecule has 0 amide bonds. The van der Waals surface area contributed by atoms with Gasteiger partial charge in [-0.15, -0.1) is 0 Å². The van der Waals surface area contributed by atoms with E-state index in [1.54, 1.807) is 63.4 Å². The van der Waals surface area contributed by atoms with Gasteiger partial charge in [-0.1, -0.05) is 40.6 Å². The summed E-state index contributed by atoms with van der Waals surface area (Å²) in [4.78, 5) is 31.9. The van der Waals surface area contributed by atoms with Crippen molar-refractivity contribution in [2.24, 2.45) is 4.99 Å². The molecular formula is C28H21BrCl2N2O5S. The number of nitrogens with zero attached hydrogens (tertiary/aromatic N) is 2. The third kappa shape index (κ3) is 5.24. The minimum atomic E-state index is -0.743. The van der Waals surface area contributed by atoms with Crippen LogP contribution >= 0.6 is 50.5 Å². The van der Waals surface area contributed by atoms with Crippen molar-refractivity contribution in [3.8, 4) is 17.1 Å². The van der Waals surface area contributed by atoms with Crippen molar-refractivity contribution in [1.29, 1.82) is 0 Å². The van der Waals surface area contributed by atoms with Gasteiger partial charge in [0, 0.05) is 11.6 Å². The van der Waals surface area contributed by atoms with Crippen LogP contribution in [0.5, 0.6) is 5.75 Å². The summed E-state index contributed by atoms with van der Waals surface area (Å²) in [6.07, 6.45) is 1.66. The number of thiazole rings is 1. The SMILES string of the molecule is CCOC(=O)C1=C(C)N=c2s/c(=C\c3ccc(-c4ccc(Cl)c(Cl)c4)o3)c(=O)n2C1c1ccc(OC)c(Br)c1. The normalized spacial score (nSPS) is 15.2. The summed E-state index contributed by atoms with van der Waals surface area (Å²) >= 11 is 16.9. The first-order valence-corrected chi connectivity index (χ1v) is 14.2. The molecule has 0 aliphatic carbocycles. The first-order valence-electron chi connectivity index (χ1n) is 11.8. The van der Waals surface area contributed by atoms with E-state index in [2.05, 4.69) is 20.9 Å². The lowest BCUT2D eigenvalue weighted by Crippen LogP contribution is -2.39. The summed E-state index contributed by atoms with van der Waals surface area (Å²) in [6, 6.07) is 13.5. The summed E-state index contributed by atoms with van der Waals surface area (Å²) in [7, 11) is 1.57. The number of methoxy groups -OCH3 is 1. The quantitative estimate of drug-likeness (QED) is 0.235. The summed E-state index contributed by atoms with van der Waals surface area (Å²) in [5.74, 6) is 1.16. The Morgan fingerprint density at radius 2 is 1.97 bits per heavy atom. The van der Waals surface area contributed by atoms with Crippen molar-refractivity contribution in [3.05, 3.63) is 105 Å². The molecule has 0 spiro atoms. The number of aromatic nitrogens is 1. The highest BCUT2D eigenvalue weighted by atomic mass is 79.9. The van der Waals surface area contributed by atoms with Gasteiger partial charge >= 0.3 is 5.97 Å². The van der Waals surface area contributed by atoms with Gasteiger partial charge in [-0.25, -0.2) is 9.79 Å². The van der Waals surface area contributed by atoms with Crippen LogP contribution in [0, 0.1) is 0 Å². The largest absolute Gasteiger partial charge is 0.496 e. The van der Waals surface area contributed by atoms with E-state index in [1.807, 2.05) is 12.1 Å². The number of carbonyl (C=O) groups is 1. The van der Waals surface area contributed by atoms with Crippen molar-refractivity contribution in [2.75, 3.05) is 13.7 Å². The molecule has 3 heterocycles. The number of allylic oxidation sites excluding steroid dienone is 1. The number of ether oxygens (including phenoxy) is 2. The third-order valence-electron chi connectivity index (χ3n) is 6.11. The number of benzene rings is 2. The molecule has 1 atom stereocenters. The van der Waals surface area contributed by atoms with Crippen LogP contribution in [-0.4, -0.2) is 24.3 Å². The number of carbonyl (C=O) groups excluding carboxylic acids is 1. The fourth-order valence-corrected chi connectivity index (χ4v) is 6.21. The first kappa shape index (κ1) is 27.5. The summed E-state index contributed by atoms with van der Waals surface area (Å²) in [6.45, 7) is 3.67. The molecule has 0 saturated heterocycles. The molecule has 1 unspecified atom stereocenters. The number of hydrogen-bond acceptors (Lipinski definition) is 7. The summed E-state index contributed by atoms with van der Waals surface area (Å²) < 4.78 is 19.3. The van der Waals surface area contributed by atoms with Gasteiger partial charge in [0.25, 0.3) is 5.56 Å². The van der Waals surface area contributed by atoms with Crippen molar-refractivity contribution in [3.63, 3.8) is 0 Å². The highest BCUT2D eigenvalue weighted by molar-refractivity contribution is 9.10. The summed E-state index contributed by atoms with van der Waals surface area (Å²) in [5.41, 5.74) is 1.93. The lowest BCUT2D eigenvalue weighted by molar-refractivity contribution is -0.139. The monoisotopic (exact) mass is 646 g/mol. The van der Waals surface area contributed by atoms with Gasteiger partial charge in [-0.2, -0.15) is 0 Å². The molecule has 39 heavy (non-hydrogen) atoms. The van der Waals surface area contributed by atoms with E-state index >= 15 is 0 Å². The number of halogens is 3. The van der Waals surface area contributed by atoms with Crippen LogP contribution in [0.3, 0.4) is 0 Å². The van der Waals surface area contributed by atoms with Crippen LogP contribution in [0.4, 0.5) is 0 Å². The maximum absolute atomic E-state index is 13.8. The molecule has 0 N–H and O–H groups in total. The molecule has 1 aliphatic rings. The summed E-state index contributed by atoms with van der Waals surface area (Å²) in [5, 5.41) is 0.864. The maximum atomic E-state index is 13.8. The fourth-order valence-electron chi connectivity index (χ4n) is 4.32. The second-order valence-corrected chi connectivity index (χ2v) is 11.2. The minimum absolute atomic E-state index is 0.193. The molecule has 0 saturated carbocycles. The lowest BCUT2D eigenvalue weighted by atomic mass is 9.96. The van der Waals surface area contributed by atoms with Crippen molar-refractivity contribution in [1.82, 2.24) is 4.57 Å².